The van der Waals surface area contributed by atoms with Gasteiger partial charge in [0.25, 0.3) is 10.0 Å². The van der Waals surface area contributed by atoms with E-state index in [9.17, 15) is 30.8 Å². The monoisotopic (exact) mass is 410 g/mol. The molecule has 2 N–H and O–H groups in total. The maximum Gasteiger partial charge on any atom is 0.417 e. The SMILES string of the molecule is CC(=O)Nc1cc(NS(=O)(=O)c2ccc(Cl)c(C(F)(F)F)c2)ccc1F. The number of alkyl halides is 3. The molecule has 1 amide bonds. The molecule has 0 bridgehead atoms. The van der Waals surface area contributed by atoms with E-state index in [0.29, 0.717) is 6.07 Å². The van der Waals surface area contributed by atoms with Gasteiger partial charge in [-0.05, 0) is 36.4 Å². The third kappa shape index (κ3) is 4.64. The van der Waals surface area contributed by atoms with Crippen LogP contribution in [-0.4, -0.2) is 14.3 Å². The van der Waals surface area contributed by atoms with Crippen molar-refractivity contribution >= 4 is 38.9 Å². The number of benzene rings is 2. The van der Waals surface area contributed by atoms with Crippen molar-refractivity contribution in [2.75, 3.05) is 10.0 Å². The van der Waals surface area contributed by atoms with E-state index in [1.807, 2.05) is 4.72 Å². The molecule has 2 aromatic carbocycles. The summed E-state index contributed by atoms with van der Waals surface area (Å²) in [6.45, 7) is 1.13. The Morgan fingerprint density at radius 2 is 1.77 bits per heavy atom. The van der Waals surface area contributed by atoms with Gasteiger partial charge in [-0.15, -0.1) is 0 Å². The number of carbonyl (C=O) groups is 1. The molecule has 0 saturated heterocycles. The fraction of sp³-hybridized carbons (Fsp3) is 0.133. The molecular formula is C15H11ClF4N2O3S. The summed E-state index contributed by atoms with van der Waals surface area (Å²) >= 11 is 5.46. The van der Waals surface area contributed by atoms with Crippen LogP contribution in [0.1, 0.15) is 12.5 Å². The number of amides is 1. The summed E-state index contributed by atoms with van der Waals surface area (Å²) in [7, 11) is -4.41. The normalized spacial score (nSPS) is 11.9. The average Bonchev–Trinajstić information content (AvgIpc) is 2.49. The Morgan fingerprint density at radius 3 is 2.35 bits per heavy atom. The van der Waals surface area contributed by atoms with Crippen LogP contribution in [0.25, 0.3) is 0 Å². The minimum atomic E-state index is -4.84. The van der Waals surface area contributed by atoms with Crippen LogP contribution in [0.2, 0.25) is 5.02 Å². The van der Waals surface area contributed by atoms with Gasteiger partial charge in [0, 0.05) is 6.92 Å². The molecule has 26 heavy (non-hydrogen) atoms. The zero-order chi connectivity index (χ0) is 19.7. The third-order valence-corrected chi connectivity index (χ3v) is 4.79. The quantitative estimate of drug-likeness (QED) is 0.740. The molecule has 0 radical (unpaired) electrons. The Bertz CT molecular complexity index is 962. The number of anilines is 2. The van der Waals surface area contributed by atoms with Crippen molar-refractivity contribution in [2.45, 2.75) is 18.0 Å². The van der Waals surface area contributed by atoms with E-state index in [2.05, 4.69) is 5.32 Å². The summed E-state index contributed by atoms with van der Waals surface area (Å²) in [5.74, 6) is -1.40. The zero-order valence-electron chi connectivity index (χ0n) is 13.0. The number of carbonyl (C=O) groups excluding carboxylic acids is 1. The van der Waals surface area contributed by atoms with Gasteiger partial charge in [0.2, 0.25) is 5.91 Å². The van der Waals surface area contributed by atoms with Gasteiger partial charge in [-0.3, -0.25) is 9.52 Å². The maximum atomic E-state index is 13.6. The van der Waals surface area contributed by atoms with Crippen molar-refractivity contribution in [3.63, 3.8) is 0 Å². The minimum Gasteiger partial charge on any atom is -0.324 e. The Labute approximate surface area is 151 Å². The largest absolute Gasteiger partial charge is 0.417 e. The molecule has 5 nitrogen and oxygen atoms in total. The van der Waals surface area contributed by atoms with Crippen molar-refractivity contribution in [3.8, 4) is 0 Å². The highest BCUT2D eigenvalue weighted by Crippen LogP contribution is 2.36. The van der Waals surface area contributed by atoms with Crippen LogP contribution in [0.15, 0.2) is 41.3 Å². The van der Waals surface area contributed by atoms with E-state index in [1.165, 1.54) is 0 Å². The molecule has 0 heterocycles. The van der Waals surface area contributed by atoms with Gasteiger partial charge in [-0.25, -0.2) is 12.8 Å². The van der Waals surface area contributed by atoms with Crippen molar-refractivity contribution < 1.29 is 30.8 Å². The lowest BCUT2D eigenvalue weighted by molar-refractivity contribution is -0.137. The molecule has 2 rings (SSSR count). The van der Waals surface area contributed by atoms with Crippen LogP contribution in [0.3, 0.4) is 0 Å². The summed E-state index contributed by atoms with van der Waals surface area (Å²) < 4.78 is 78.9. The van der Waals surface area contributed by atoms with E-state index >= 15 is 0 Å². The lowest BCUT2D eigenvalue weighted by Crippen LogP contribution is -2.15. The number of hydrogen-bond donors (Lipinski definition) is 2. The minimum absolute atomic E-state index is 0.154. The molecule has 11 heteroatoms. The molecule has 0 unspecified atom stereocenters. The Morgan fingerprint density at radius 1 is 1.12 bits per heavy atom. The van der Waals surface area contributed by atoms with Crippen molar-refractivity contribution in [3.05, 3.63) is 52.8 Å². The molecule has 0 aliphatic carbocycles. The van der Waals surface area contributed by atoms with Crippen LogP contribution in [0, 0.1) is 5.82 Å². The van der Waals surface area contributed by atoms with Gasteiger partial charge in [0.15, 0.2) is 0 Å². The molecule has 2 aromatic rings. The molecule has 0 aliphatic heterocycles. The van der Waals surface area contributed by atoms with Crippen molar-refractivity contribution in [2.24, 2.45) is 0 Å². The van der Waals surface area contributed by atoms with Gasteiger partial charge in [-0.1, -0.05) is 11.6 Å². The Kier molecular flexibility index (Phi) is 5.47. The Hall–Kier alpha value is -2.33. The van der Waals surface area contributed by atoms with Crippen molar-refractivity contribution in [1.82, 2.24) is 0 Å². The molecule has 0 fully saturated rings. The van der Waals surface area contributed by atoms with Gasteiger partial charge in [0.05, 0.1) is 26.9 Å². The highest BCUT2D eigenvalue weighted by molar-refractivity contribution is 7.92. The summed E-state index contributed by atoms with van der Waals surface area (Å²) in [5.41, 5.74) is -1.75. The smallest absolute Gasteiger partial charge is 0.324 e. The fourth-order valence-electron chi connectivity index (χ4n) is 1.98. The number of hydrogen-bond acceptors (Lipinski definition) is 3. The molecule has 0 aliphatic rings. The zero-order valence-corrected chi connectivity index (χ0v) is 14.6. The van der Waals surface area contributed by atoms with Gasteiger partial charge >= 0.3 is 6.18 Å². The standard InChI is InChI=1S/C15H11ClF4N2O3S/c1-8(23)21-14-6-9(2-5-13(14)17)22-26(24,25)10-3-4-12(16)11(7-10)15(18,19)20/h2-7,22H,1H3,(H,21,23). The molecule has 0 atom stereocenters. The highest BCUT2D eigenvalue weighted by Gasteiger charge is 2.34. The van der Waals surface area contributed by atoms with Gasteiger partial charge in [-0.2, -0.15) is 13.2 Å². The number of sulfonamides is 1. The molecule has 0 saturated carbocycles. The number of nitrogens with one attached hydrogen (secondary N) is 2. The Balaban J connectivity index is 2.39. The summed E-state index contributed by atoms with van der Waals surface area (Å²) in [4.78, 5) is 10.3. The van der Waals surface area contributed by atoms with Crippen LogP contribution in [0.4, 0.5) is 28.9 Å². The lowest BCUT2D eigenvalue weighted by atomic mass is 10.2. The number of rotatable bonds is 4. The van der Waals surface area contributed by atoms with E-state index in [-0.39, 0.29) is 11.4 Å². The predicted octanol–water partition coefficient (Wildman–Crippen LogP) is 4.26. The van der Waals surface area contributed by atoms with E-state index in [0.717, 1.165) is 37.3 Å². The van der Waals surface area contributed by atoms with E-state index < -0.39 is 43.4 Å². The summed E-state index contributed by atoms with van der Waals surface area (Å²) in [5, 5.41) is 1.51. The highest BCUT2D eigenvalue weighted by atomic mass is 35.5. The summed E-state index contributed by atoms with van der Waals surface area (Å²) in [6.07, 6.45) is -4.84. The molecular weight excluding hydrogens is 400 g/mol. The first-order valence-corrected chi connectivity index (χ1v) is 8.73. The van der Waals surface area contributed by atoms with Crippen LogP contribution in [0.5, 0.6) is 0 Å². The van der Waals surface area contributed by atoms with E-state index in [4.69, 9.17) is 11.6 Å². The van der Waals surface area contributed by atoms with E-state index in [1.54, 1.807) is 0 Å². The maximum absolute atomic E-state index is 13.6. The number of halogens is 5. The third-order valence-electron chi connectivity index (χ3n) is 3.08. The second-order valence-corrected chi connectivity index (χ2v) is 7.21. The second kappa shape index (κ2) is 7.12. The summed E-state index contributed by atoms with van der Waals surface area (Å²) in [6, 6.07) is 5.05. The second-order valence-electron chi connectivity index (χ2n) is 5.12. The first-order chi connectivity index (χ1) is 11.9. The topological polar surface area (TPSA) is 75.3 Å². The average molecular weight is 411 g/mol. The first kappa shape index (κ1) is 20.0. The predicted molar refractivity (Wildman–Crippen MR) is 88.0 cm³/mol. The van der Waals surface area contributed by atoms with Gasteiger partial charge in [0.1, 0.15) is 5.82 Å². The molecule has 0 aromatic heterocycles. The first-order valence-electron chi connectivity index (χ1n) is 6.87. The van der Waals surface area contributed by atoms with Crippen LogP contribution >= 0.6 is 11.6 Å². The molecule has 0 spiro atoms. The van der Waals surface area contributed by atoms with Crippen LogP contribution in [-0.2, 0) is 21.0 Å². The van der Waals surface area contributed by atoms with Gasteiger partial charge < -0.3 is 5.32 Å². The van der Waals surface area contributed by atoms with Crippen LogP contribution < -0.4 is 10.0 Å². The molecule has 140 valence electrons. The lowest BCUT2D eigenvalue weighted by Gasteiger charge is -2.13. The van der Waals surface area contributed by atoms with Crippen molar-refractivity contribution in [1.29, 1.82) is 0 Å². The fourth-order valence-corrected chi connectivity index (χ4v) is 3.28.